The molecule has 0 fully saturated rings. The molecule has 0 spiro atoms. The molecule has 76 heavy (non-hydrogen) atoms. The highest BCUT2D eigenvalue weighted by atomic mass is 16.6. The van der Waals surface area contributed by atoms with Crippen molar-refractivity contribution in [3.63, 3.8) is 0 Å². The third-order valence-electron chi connectivity index (χ3n) is 13.8. The SMILES string of the molecule is CC/C=C\C/C=C\C/C=C\C/C=C\C/C=C\C/C=C\CCCCCCCCCCC(=O)OCC(COC(=O)CCCCCCCC)OC(=O)CCCCCCCCCCCCCCC/C=C\C/C=C\CCCCCCC. The van der Waals surface area contributed by atoms with Crippen LogP contribution in [0.3, 0.4) is 0 Å². The molecule has 0 bridgehead atoms. The molecule has 6 nitrogen and oxygen atoms in total. The third-order valence-corrected chi connectivity index (χ3v) is 13.8. The number of carbonyl (C=O) groups is 3. The van der Waals surface area contributed by atoms with E-state index in [1.165, 1.54) is 161 Å². The monoisotopic (exact) mass is 1060 g/mol. The highest BCUT2D eigenvalue weighted by Gasteiger charge is 2.19. The normalized spacial score (nSPS) is 12.7. The maximum absolute atomic E-state index is 12.9. The van der Waals surface area contributed by atoms with Crippen LogP contribution >= 0.6 is 0 Å². The maximum atomic E-state index is 12.9. The summed E-state index contributed by atoms with van der Waals surface area (Å²) in [5.41, 5.74) is 0. The van der Waals surface area contributed by atoms with Gasteiger partial charge in [-0.1, -0.05) is 285 Å². The second-order valence-electron chi connectivity index (χ2n) is 21.3. The molecule has 436 valence electrons. The number of hydrogen-bond acceptors (Lipinski definition) is 6. The highest BCUT2D eigenvalue weighted by Crippen LogP contribution is 2.16. The maximum Gasteiger partial charge on any atom is 0.306 e. The average Bonchev–Trinajstić information content (AvgIpc) is 3.42. The molecule has 1 atom stereocenters. The molecule has 0 aliphatic rings. The Kier molecular flexibility index (Phi) is 60.8. The van der Waals surface area contributed by atoms with Crippen LogP contribution < -0.4 is 0 Å². The van der Waals surface area contributed by atoms with E-state index >= 15 is 0 Å². The van der Waals surface area contributed by atoms with Gasteiger partial charge in [-0.3, -0.25) is 14.4 Å². The number of hydrogen-bond donors (Lipinski definition) is 0. The largest absolute Gasteiger partial charge is 0.462 e. The van der Waals surface area contributed by atoms with Crippen LogP contribution in [-0.4, -0.2) is 37.2 Å². The summed E-state index contributed by atoms with van der Waals surface area (Å²) in [6.07, 6.45) is 85.9. The van der Waals surface area contributed by atoms with Gasteiger partial charge >= 0.3 is 17.9 Å². The van der Waals surface area contributed by atoms with Crippen LogP contribution in [0.5, 0.6) is 0 Å². The van der Waals surface area contributed by atoms with Gasteiger partial charge in [0.1, 0.15) is 13.2 Å². The number of ether oxygens (including phenoxy) is 3. The summed E-state index contributed by atoms with van der Waals surface area (Å²) in [5.74, 6) is -0.890. The van der Waals surface area contributed by atoms with Crippen molar-refractivity contribution >= 4 is 17.9 Å². The summed E-state index contributed by atoms with van der Waals surface area (Å²) in [5, 5.41) is 0. The van der Waals surface area contributed by atoms with Gasteiger partial charge in [-0.05, 0) is 103 Å². The molecule has 0 amide bonds. The standard InChI is InChI=1S/C70H120O6/c1-4-7-10-13-16-18-20-22-24-26-28-30-32-34-35-37-38-40-42-44-46-48-50-52-54-57-60-63-69(72)75-66-67(65-74-68(71)62-59-56-15-12-9-6-3)76-70(73)64-61-58-55-53-51-49-47-45-43-41-39-36-33-31-29-27-25-23-21-19-17-14-11-8-5-2/h7,10,16,18,21-24,27-30,34-35,38,40,67H,4-6,8-9,11-15,17,19-20,25-26,31-33,36-37,39,41-66H2,1-3H3/b10-7-,18-16-,23-21-,24-22-,29-27-,30-28-,35-34-,40-38-. The summed E-state index contributed by atoms with van der Waals surface area (Å²) in [6, 6.07) is 0. The van der Waals surface area contributed by atoms with Gasteiger partial charge in [0.05, 0.1) is 0 Å². The number of esters is 3. The average molecular weight is 1060 g/mol. The number of rotatable bonds is 58. The van der Waals surface area contributed by atoms with Crippen molar-refractivity contribution < 1.29 is 28.6 Å². The molecule has 0 radical (unpaired) electrons. The zero-order valence-electron chi connectivity index (χ0n) is 50.0. The lowest BCUT2D eigenvalue weighted by atomic mass is 10.0. The minimum Gasteiger partial charge on any atom is -0.462 e. The number of carbonyl (C=O) groups excluding carboxylic acids is 3. The molecule has 0 aliphatic heterocycles. The summed E-state index contributed by atoms with van der Waals surface area (Å²) in [7, 11) is 0. The smallest absolute Gasteiger partial charge is 0.306 e. The molecule has 6 heteroatoms. The van der Waals surface area contributed by atoms with Crippen LogP contribution in [0.25, 0.3) is 0 Å². The fourth-order valence-electron chi connectivity index (χ4n) is 9.01. The van der Waals surface area contributed by atoms with E-state index in [2.05, 4.69) is 118 Å². The molecule has 1 unspecified atom stereocenters. The van der Waals surface area contributed by atoms with Crippen LogP contribution in [0, 0.1) is 0 Å². The van der Waals surface area contributed by atoms with Gasteiger partial charge in [0.25, 0.3) is 0 Å². The number of unbranched alkanes of at least 4 members (excludes halogenated alkanes) is 31. The first-order chi connectivity index (χ1) is 37.5. The molecular weight excluding hydrogens is 937 g/mol. The molecule has 0 aliphatic carbocycles. The summed E-state index contributed by atoms with van der Waals surface area (Å²) in [4.78, 5) is 38.0. The highest BCUT2D eigenvalue weighted by molar-refractivity contribution is 5.71. The Morgan fingerprint density at radius 2 is 0.513 bits per heavy atom. The van der Waals surface area contributed by atoms with Crippen LogP contribution in [0.15, 0.2) is 97.2 Å². The van der Waals surface area contributed by atoms with Crippen LogP contribution in [0.1, 0.15) is 310 Å². The third kappa shape index (κ3) is 61.2. The number of allylic oxidation sites excluding steroid dienone is 16. The van der Waals surface area contributed by atoms with Gasteiger partial charge in [-0.25, -0.2) is 0 Å². The lowest BCUT2D eigenvalue weighted by Gasteiger charge is -2.18. The first kappa shape index (κ1) is 72.3. The molecular formula is C70H120O6. The van der Waals surface area contributed by atoms with Crippen molar-refractivity contribution in [2.75, 3.05) is 13.2 Å². The van der Waals surface area contributed by atoms with Crippen LogP contribution in [-0.2, 0) is 28.6 Å². The van der Waals surface area contributed by atoms with Gasteiger partial charge < -0.3 is 14.2 Å². The van der Waals surface area contributed by atoms with E-state index in [1.807, 2.05) is 0 Å². The van der Waals surface area contributed by atoms with Crippen LogP contribution in [0.2, 0.25) is 0 Å². The van der Waals surface area contributed by atoms with Gasteiger partial charge in [-0.2, -0.15) is 0 Å². The molecule has 0 rings (SSSR count). The quantitative estimate of drug-likeness (QED) is 0.0261. The van der Waals surface area contributed by atoms with E-state index in [4.69, 9.17) is 14.2 Å². The van der Waals surface area contributed by atoms with Crippen molar-refractivity contribution in [2.24, 2.45) is 0 Å². The predicted molar refractivity (Wildman–Crippen MR) is 330 cm³/mol. The molecule has 0 aromatic rings. The fraction of sp³-hybridized carbons (Fsp3) is 0.729. The minimum atomic E-state index is -0.779. The topological polar surface area (TPSA) is 78.9 Å². The molecule has 0 aromatic heterocycles. The van der Waals surface area contributed by atoms with Crippen molar-refractivity contribution in [3.05, 3.63) is 97.2 Å². The summed E-state index contributed by atoms with van der Waals surface area (Å²) >= 11 is 0. The van der Waals surface area contributed by atoms with Gasteiger partial charge in [-0.15, -0.1) is 0 Å². The Hall–Kier alpha value is -3.67. The molecule has 0 aromatic carbocycles. The van der Waals surface area contributed by atoms with Gasteiger partial charge in [0.15, 0.2) is 6.10 Å². The summed E-state index contributed by atoms with van der Waals surface area (Å²) < 4.78 is 16.8. The Morgan fingerprint density at radius 3 is 0.803 bits per heavy atom. The van der Waals surface area contributed by atoms with Crippen molar-refractivity contribution in [1.29, 1.82) is 0 Å². The fourth-order valence-corrected chi connectivity index (χ4v) is 9.01. The first-order valence-electron chi connectivity index (χ1n) is 32.2. The Balaban J connectivity index is 4.11. The van der Waals surface area contributed by atoms with Crippen molar-refractivity contribution in [2.45, 2.75) is 316 Å². The second-order valence-corrected chi connectivity index (χ2v) is 21.3. The molecule has 0 saturated heterocycles. The van der Waals surface area contributed by atoms with E-state index in [-0.39, 0.29) is 31.1 Å². The lowest BCUT2D eigenvalue weighted by molar-refractivity contribution is -0.167. The Labute approximate surface area is 470 Å². The predicted octanol–water partition coefficient (Wildman–Crippen LogP) is 22.0. The van der Waals surface area contributed by atoms with E-state index in [0.717, 1.165) is 109 Å². The van der Waals surface area contributed by atoms with Gasteiger partial charge in [0, 0.05) is 19.3 Å². The van der Waals surface area contributed by atoms with E-state index < -0.39 is 6.10 Å². The Morgan fingerprint density at radius 1 is 0.276 bits per heavy atom. The minimum absolute atomic E-state index is 0.0790. The molecule has 0 N–H and O–H groups in total. The summed E-state index contributed by atoms with van der Waals surface area (Å²) in [6.45, 7) is 6.47. The lowest BCUT2D eigenvalue weighted by Crippen LogP contribution is -2.30. The second kappa shape index (κ2) is 63.9. The first-order valence-corrected chi connectivity index (χ1v) is 32.2. The van der Waals surface area contributed by atoms with Gasteiger partial charge in [0.2, 0.25) is 0 Å². The van der Waals surface area contributed by atoms with Crippen molar-refractivity contribution in [1.82, 2.24) is 0 Å². The van der Waals surface area contributed by atoms with E-state index in [0.29, 0.717) is 19.3 Å². The van der Waals surface area contributed by atoms with Crippen molar-refractivity contribution in [3.8, 4) is 0 Å². The Bertz CT molecular complexity index is 1490. The molecule has 0 heterocycles. The van der Waals surface area contributed by atoms with E-state index in [9.17, 15) is 14.4 Å². The van der Waals surface area contributed by atoms with Crippen LogP contribution in [0.4, 0.5) is 0 Å². The van der Waals surface area contributed by atoms with E-state index in [1.54, 1.807) is 0 Å². The zero-order valence-corrected chi connectivity index (χ0v) is 50.0. The molecule has 0 saturated carbocycles. The zero-order chi connectivity index (χ0) is 55.0.